The third-order valence-electron chi connectivity index (χ3n) is 4.80. The normalized spacial score (nSPS) is 21.3. The minimum atomic E-state index is 0. The van der Waals surface area contributed by atoms with Crippen LogP contribution in [0.4, 0.5) is 0 Å². The summed E-state index contributed by atoms with van der Waals surface area (Å²) >= 11 is 0. The first kappa shape index (κ1) is 17.3. The van der Waals surface area contributed by atoms with Gasteiger partial charge in [-0.05, 0) is 29.9 Å². The Kier molecular flexibility index (Phi) is 6.27. The molecule has 2 aliphatic rings. The van der Waals surface area contributed by atoms with Crippen molar-refractivity contribution in [1.82, 2.24) is 10.2 Å². The van der Waals surface area contributed by atoms with Gasteiger partial charge in [0, 0.05) is 26.1 Å². The monoisotopic (exact) mass is 322 g/mol. The molecule has 0 aromatic heterocycles. The van der Waals surface area contributed by atoms with Crippen LogP contribution in [0.2, 0.25) is 0 Å². The predicted octanol–water partition coefficient (Wildman–Crippen LogP) is 3.33. The third kappa shape index (κ3) is 4.23. The maximum Gasteiger partial charge on any atom is 0.223 e. The average molecular weight is 323 g/mol. The van der Waals surface area contributed by atoms with Crippen molar-refractivity contribution in [2.24, 2.45) is 5.92 Å². The molecule has 0 spiro atoms. The SMILES string of the molecule is CCc1ccc(C2CNCCN2C(=O)CCC2CC2)cc1.Cl. The summed E-state index contributed by atoms with van der Waals surface area (Å²) < 4.78 is 0. The fraction of sp³-hybridized carbons (Fsp3) is 0.611. The summed E-state index contributed by atoms with van der Waals surface area (Å²) in [5.74, 6) is 1.17. The van der Waals surface area contributed by atoms with Crippen LogP contribution in [-0.4, -0.2) is 30.4 Å². The second-order valence-corrected chi connectivity index (χ2v) is 6.38. The van der Waals surface area contributed by atoms with Gasteiger partial charge in [0.15, 0.2) is 0 Å². The van der Waals surface area contributed by atoms with Gasteiger partial charge in [-0.25, -0.2) is 0 Å². The van der Waals surface area contributed by atoms with E-state index in [9.17, 15) is 4.79 Å². The molecule has 0 bridgehead atoms. The van der Waals surface area contributed by atoms with Crippen LogP contribution in [0.3, 0.4) is 0 Å². The largest absolute Gasteiger partial charge is 0.333 e. The molecular formula is C18H27ClN2O. The van der Waals surface area contributed by atoms with Crippen LogP contribution in [0.1, 0.15) is 49.8 Å². The molecule has 1 heterocycles. The van der Waals surface area contributed by atoms with E-state index in [2.05, 4.69) is 41.4 Å². The molecule has 1 amide bonds. The van der Waals surface area contributed by atoms with E-state index in [0.29, 0.717) is 5.91 Å². The van der Waals surface area contributed by atoms with Crippen molar-refractivity contribution in [1.29, 1.82) is 0 Å². The number of nitrogens with zero attached hydrogens (tertiary/aromatic N) is 1. The topological polar surface area (TPSA) is 32.3 Å². The molecular weight excluding hydrogens is 296 g/mol. The van der Waals surface area contributed by atoms with E-state index in [-0.39, 0.29) is 18.4 Å². The zero-order chi connectivity index (χ0) is 14.7. The van der Waals surface area contributed by atoms with Gasteiger partial charge >= 0.3 is 0 Å². The van der Waals surface area contributed by atoms with Gasteiger partial charge in [-0.2, -0.15) is 0 Å². The second kappa shape index (κ2) is 7.98. The van der Waals surface area contributed by atoms with E-state index in [1.54, 1.807) is 0 Å². The minimum Gasteiger partial charge on any atom is -0.333 e. The molecule has 1 unspecified atom stereocenters. The highest BCUT2D eigenvalue weighted by molar-refractivity contribution is 5.85. The zero-order valence-electron chi connectivity index (χ0n) is 13.4. The van der Waals surface area contributed by atoms with E-state index in [0.717, 1.165) is 44.8 Å². The van der Waals surface area contributed by atoms with Gasteiger partial charge in [-0.3, -0.25) is 4.79 Å². The predicted molar refractivity (Wildman–Crippen MR) is 92.3 cm³/mol. The smallest absolute Gasteiger partial charge is 0.223 e. The molecule has 22 heavy (non-hydrogen) atoms. The Morgan fingerprint density at radius 1 is 1.27 bits per heavy atom. The summed E-state index contributed by atoms with van der Waals surface area (Å²) in [5.41, 5.74) is 2.62. The average Bonchev–Trinajstić information content (AvgIpc) is 3.37. The van der Waals surface area contributed by atoms with Gasteiger partial charge in [-0.1, -0.05) is 44.0 Å². The van der Waals surface area contributed by atoms with Crippen molar-refractivity contribution in [2.75, 3.05) is 19.6 Å². The van der Waals surface area contributed by atoms with Crippen LogP contribution < -0.4 is 5.32 Å². The fourth-order valence-electron chi connectivity index (χ4n) is 3.15. The molecule has 0 radical (unpaired) electrons. The van der Waals surface area contributed by atoms with Crippen LogP contribution in [0.15, 0.2) is 24.3 Å². The number of halogens is 1. The number of carbonyl (C=O) groups excluding carboxylic acids is 1. The number of hydrogen-bond donors (Lipinski definition) is 1. The molecule has 1 N–H and O–H groups in total. The van der Waals surface area contributed by atoms with Gasteiger partial charge in [0.1, 0.15) is 0 Å². The van der Waals surface area contributed by atoms with Crippen molar-refractivity contribution in [2.45, 2.75) is 45.1 Å². The second-order valence-electron chi connectivity index (χ2n) is 6.38. The van der Waals surface area contributed by atoms with Gasteiger partial charge in [0.2, 0.25) is 5.91 Å². The Balaban J connectivity index is 0.00000176. The molecule has 3 nitrogen and oxygen atoms in total. The van der Waals surface area contributed by atoms with Crippen LogP contribution >= 0.6 is 12.4 Å². The first-order chi connectivity index (χ1) is 10.3. The lowest BCUT2D eigenvalue weighted by molar-refractivity contribution is -0.134. The molecule has 1 aliphatic heterocycles. The van der Waals surface area contributed by atoms with Crippen molar-refractivity contribution in [3.8, 4) is 0 Å². The number of benzene rings is 1. The van der Waals surface area contributed by atoms with Crippen LogP contribution in [0.5, 0.6) is 0 Å². The van der Waals surface area contributed by atoms with Gasteiger partial charge in [0.05, 0.1) is 6.04 Å². The zero-order valence-corrected chi connectivity index (χ0v) is 14.2. The third-order valence-corrected chi connectivity index (χ3v) is 4.80. The molecule has 1 aliphatic carbocycles. The first-order valence-corrected chi connectivity index (χ1v) is 8.37. The molecule has 1 aromatic rings. The Morgan fingerprint density at radius 2 is 2.00 bits per heavy atom. The van der Waals surface area contributed by atoms with Gasteiger partial charge in [0.25, 0.3) is 0 Å². The highest BCUT2D eigenvalue weighted by Gasteiger charge is 2.29. The van der Waals surface area contributed by atoms with Crippen molar-refractivity contribution in [3.05, 3.63) is 35.4 Å². The maximum atomic E-state index is 12.5. The van der Waals surface area contributed by atoms with Gasteiger partial charge < -0.3 is 10.2 Å². The quantitative estimate of drug-likeness (QED) is 0.901. The number of rotatable bonds is 5. The highest BCUT2D eigenvalue weighted by Crippen LogP contribution is 2.34. The number of carbonyl (C=O) groups is 1. The summed E-state index contributed by atoms with van der Waals surface area (Å²) in [5, 5.41) is 3.43. The van der Waals surface area contributed by atoms with Crippen molar-refractivity contribution >= 4 is 18.3 Å². The molecule has 4 heteroatoms. The minimum absolute atomic E-state index is 0. The highest BCUT2D eigenvalue weighted by atomic mass is 35.5. The molecule has 1 atom stereocenters. The lowest BCUT2D eigenvalue weighted by Crippen LogP contribution is -2.48. The summed E-state index contributed by atoms with van der Waals surface area (Å²) in [7, 11) is 0. The summed E-state index contributed by atoms with van der Waals surface area (Å²) in [6, 6.07) is 8.97. The molecule has 122 valence electrons. The first-order valence-electron chi connectivity index (χ1n) is 8.37. The maximum absolute atomic E-state index is 12.5. The lowest BCUT2D eigenvalue weighted by atomic mass is 10.00. The van der Waals surface area contributed by atoms with Crippen LogP contribution in [0.25, 0.3) is 0 Å². The summed E-state index contributed by atoms with van der Waals surface area (Å²) in [6.45, 7) is 4.80. The van der Waals surface area contributed by atoms with E-state index in [4.69, 9.17) is 0 Å². The van der Waals surface area contributed by atoms with E-state index in [1.807, 2.05) is 0 Å². The number of amides is 1. The Labute approximate surface area is 139 Å². The Morgan fingerprint density at radius 3 is 2.64 bits per heavy atom. The standard InChI is InChI=1S/C18H26N2O.ClH/c1-2-14-5-8-16(9-6-14)17-13-19-11-12-20(17)18(21)10-7-15-3-4-15;/h5-6,8-9,15,17,19H,2-4,7,10-13H2,1H3;1H. The van der Waals surface area contributed by atoms with Crippen molar-refractivity contribution in [3.63, 3.8) is 0 Å². The fourth-order valence-corrected chi connectivity index (χ4v) is 3.15. The number of nitrogens with one attached hydrogen (secondary N) is 1. The molecule has 1 aromatic carbocycles. The Bertz CT molecular complexity index is 484. The molecule has 2 fully saturated rings. The number of hydrogen-bond acceptors (Lipinski definition) is 2. The van der Waals surface area contributed by atoms with E-state index >= 15 is 0 Å². The number of aryl methyl sites for hydroxylation is 1. The summed E-state index contributed by atoms with van der Waals surface area (Å²) in [6.07, 6.45) is 5.54. The van der Waals surface area contributed by atoms with Crippen molar-refractivity contribution < 1.29 is 4.79 Å². The van der Waals surface area contributed by atoms with Crippen LogP contribution in [-0.2, 0) is 11.2 Å². The van der Waals surface area contributed by atoms with E-state index < -0.39 is 0 Å². The Hall–Kier alpha value is -1.06. The van der Waals surface area contributed by atoms with Gasteiger partial charge in [-0.15, -0.1) is 12.4 Å². The molecule has 3 rings (SSSR count). The van der Waals surface area contributed by atoms with Crippen LogP contribution in [0, 0.1) is 5.92 Å². The number of piperazine rings is 1. The lowest BCUT2D eigenvalue weighted by Gasteiger charge is -2.36. The van der Waals surface area contributed by atoms with E-state index in [1.165, 1.54) is 24.0 Å². The summed E-state index contributed by atoms with van der Waals surface area (Å²) in [4.78, 5) is 14.6. The molecule has 1 saturated heterocycles. The molecule has 1 saturated carbocycles.